The molecule has 0 heterocycles. The van der Waals surface area contributed by atoms with E-state index in [-0.39, 0.29) is 18.0 Å². The van der Waals surface area contributed by atoms with Crippen molar-refractivity contribution in [3.8, 4) is 5.75 Å². The molecule has 0 saturated heterocycles. The molecule has 2 aromatic rings. The van der Waals surface area contributed by atoms with Crippen LogP contribution >= 0.6 is 0 Å². The van der Waals surface area contributed by atoms with Gasteiger partial charge < -0.3 is 15.5 Å². The number of hydrogen-bond donors (Lipinski definition) is 3. The van der Waals surface area contributed by atoms with Crippen molar-refractivity contribution >= 4 is 11.7 Å². The van der Waals surface area contributed by atoms with Gasteiger partial charge in [-0.15, -0.1) is 0 Å². The van der Waals surface area contributed by atoms with Crippen LogP contribution in [0.1, 0.15) is 15.9 Å². The highest BCUT2D eigenvalue weighted by molar-refractivity contribution is 5.88. The molecule has 0 aliphatic carbocycles. The molecule has 4 nitrogen and oxygen atoms in total. The van der Waals surface area contributed by atoms with Crippen molar-refractivity contribution in [2.24, 2.45) is 0 Å². The zero-order chi connectivity index (χ0) is 15.4. The second-order valence-corrected chi connectivity index (χ2v) is 4.46. The number of benzene rings is 2. The van der Waals surface area contributed by atoms with E-state index < -0.39 is 23.2 Å². The van der Waals surface area contributed by atoms with Crippen LogP contribution in [0.15, 0.2) is 36.4 Å². The second-order valence-electron chi connectivity index (χ2n) is 4.46. The standard InChI is InChI=1S/C15H13F2NO3/c16-12-7-10(15(20)21)8-13(17)14(12)18-6-5-9-1-3-11(19)4-2-9/h1-4,7-8,18-19H,5-6H2,(H,20,21). The number of nitrogens with one attached hydrogen (secondary N) is 1. The van der Waals surface area contributed by atoms with Crippen LogP contribution in [-0.2, 0) is 6.42 Å². The highest BCUT2D eigenvalue weighted by Gasteiger charge is 2.14. The topological polar surface area (TPSA) is 69.6 Å². The van der Waals surface area contributed by atoms with Gasteiger partial charge in [-0.3, -0.25) is 0 Å². The monoisotopic (exact) mass is 293 g/mol. The van der Waals surface area contributed by atoms with Gasteiger partial charge in [0.1, 0.15) is 23.1 Å². The largest absolute Gasteiger partial charge is 0.508 e. The molecule has 3 N–H and O–H groups in total. The first-order chi connectivity index (χ1) is 9.97. The Hall–Kier alpha value is -2.63. The lowest BCUT2D eigenvalue weighted by Crippen LogP contribution is -2.09. The summed E-state index contributed by atoms with van der Waals surface area (Å²) in [6.45, 7) is 0.269. The van der Waals surface area contributed by atoms with Crippen molar-refractivity contribution < 1.29 is 23.8 Å². The van der Waals surface area contributed by atoms with E-state index in [1.165, 1.54) is 12.1 Å². The van der Waals surface area contributed by atoms with E-state index in [4.69, 9.17) is 10.2 Å². The van der Waals surface area contributed by atoms with E-state index in [1.807, 2.05) is 0 Å². The van der Waals surface area contributed by atoms with Gasteiger partial charge in [0.2, 0.25) is 0 Å². The average Bonchev–Trinajstić information content (AvgIpc) is 2.43. The number of phenols is 1. The van der Waals surface area contributed by atoms with Crippen LogP contribution < -0.4 is 5.32 Å². The van der Waals surface area contributed by atoms with Crippen LogP contribution in [0.2, 0.25) is 0 Å². The average molecular weight is 293 g/mol. The number of halogens is 2. The van der Waals surface area contributed by atoms with E-state index in [2.05, 4.69) is 5.32 Å². The van der Waals surface area contributed by atoms with Gasteiger partial charge in [0, 0.05) is 6.54 Å². The maximum Gasteiger partial charge on any atom is 0.335 e. The minimum absolute atomic E-state index is 0.146. The molecular formula is C15H13F2NO3. The highest BCUT2D eigenvalue weighted by atomic mass is 19.1. The summed E-state index contributed by atoms with van der Waals surface area (Å²) in [6, 6.07) is 8.01. The number of aromatic hydroxyl groups is 1. The van der Waals surface area contributed by atoms with Crippen LogP contribution in [-0.4, -0.2) is 22.7 Å². The van der Waals surface area contributed by atoms with Crippen LogP contribution in [0.25, 0.3) is 0 Å². The maximum absolute atomic E-state index is 13.7. The molecule has 0 radical (unpaired) electrons. The number of carbonyl (C=O) groups is 1. The van der Waals surface area contributed by atoms with Gasteiger partial charge >= 0.3 is 5.97 Å². The summed E-state index contributed by atoms with van der Waals surface area (Å²) in [5.74, 6) is -3.13. The molecule has 0 saturated carbocycles. The van der Waals surface area contributed by atoms with Gasteiger partial charge in [-0.1, -0.05) is 12.1 Å². The quantitative estimate of drug-likeness (QED) is 0.792. The minimum atomic E-state index is -1.39. The van der Waals surface area contributed by atoms with E-state index in [0.29, 0.717) is 6.42 Å². The van der Waals surface area contributed by atoms with Gasteiger partial charge in [0.15, 0.2) is 0 Å². The van der Waals surface area contributed by atoms with Gasteiger partial charge in [-0.2, -0.15) is 0 Å². The number of carboxylic acid groups (broad SMARTS) is 1. The van der Waals surface area contributed by atoms with Crippen LogP contribution in [0.4, 0.5) is 14.5 Å². The van der Waals surface area contributed by atoms with Crippen molar-refractivity contribution in [1.82, 2.24) is 0 Å². The maximum atomic E-state index is 13.7. The first-order valence-electron chi connectivity index (χ1n) is 6.21. The predicted molar refractivity (Wildman–Crippen MR) is 73.6 cm³/mol. The third-order valence-electron chi connectivity index (χ3n) is 2.94. The second kappa shape index (κ2) is 6.21. The van der Waals surface area contributed by atoms with Crippen molar-refractivity contribution in [3.05, 3.63) is 59.2 Å². The smallest absolute Gasteiger partial charge is 0.335 e. The number of hydrogen-bond acceptors (Lipinski definition) is 3. The normalized spacial score (nSPS) is 10.4. The van der Waals surface area contributed by atoms with Crippen molar-refractivity contribution in [2.75, 3.05) is 11.9 Å². The number of aromatic carboxylic acids is 1. The van der Waals surface area contributed by atoms with Crippen LogP contribution in [0.3, 0.4) is 0 Å². The van der Waals surface area contributed by atoms with E-state index in [1.54, 1.807) is 12.1 Å². The fourth-order valence-corrected chi connectivity index (χ4v) is 1.86. The molecule has 21 heavy (non-hydrogen) atoms. The Balaban J connectivity index is 2.03. The summed E-state index contributed by atoms with van der Waals surface area (Å²) in [7, 11) is 0. The Kier molecular flexibility index (Phi) is 4.37. The molecule has 0 unspecified atom stereocenters. The fraction of sp³-hybridized carbons (Fsp3) is 0.133. The molecule has 0 aliphatic heterocycles. The zero-order valence-corrected chi connectivity index (χ0v) is 10.9. The van der Waals surface area contributed by atoms with Crippen molar-refractivity contribution in [3.63, 3.8) is 0 Å². The SMILES string of the molecule is O=C(O)c1cc(F)c(NCCc2ccc(O)cc2)c(F)c1. The molecule has 110 valence electrons. The minimum Gasteiger partial charge on any atom is -0.508 e. The Labute approximate surface area is 119 Å². The summed E-state index contributed by atoms with van der Waals surface area (Å²) >= 11 is 0. The molecule has 0 atom stereocenters. The summed E-state index contributed by atoms with van der Waals surface area (Å²) < 4.78 is 27.3. The lowest BCUT2D eigenvalue weighted by molar-refractivity contribution is 0.0696. The number of anilines is 1. The molecule has 0 aliphatic rings. The Morgan fingerprint density at radius 3 is 2.19 bits per heavy atom. The van der Waals surface area contributed by atoms with Crippen LogP contribution in [0, 0.1) is 11.6 Å². The molecule has 0 fully saturated rings. The first kappa shape index (κ1) is 14.8. The lowest BCUT2D eigenvalue weighted by atomic mass is 10.1. The van der Waals surface area contributed by atoms with Crippen LogP contribution in [0.5, 0.6) is 5.75 Å². The Morgan fingerprint density at radius 1 is 1.10 bits per heavy atom. The molecule has 0 amide bonds. The predicted octanol–water partition coefficient (Wildman–Crippen LogP) is 3.02. The van der Waals surface area contributed by atoms with Crippen molar-refractivity contribution in [2.45, 2.75) is 6.42 Å². The van der Waals surface area contributed by atoms with Gasteiger partial charge in [-0.05, 0) is 36.2 Å². The fourth-order valence-electron chi connectivity index (χ4n) is 1.86. The molecule has 0 spiro atoms. The summed E-state index contributed by atoms with van der Waals surface area (Å²) in [4.78, 5) is 10.7. The van der Waals surface area contributed by atoms with E-state index in [9.17, 15) is 13.6 Å². The number of carboxylic acids is 1. The number of phenolic OH excluding ortho intramolecular Hbond substituents is 1. The third-order valence-corrected chi connectivity index (χ3v) is 2.94. The Bertz CT molecular complexity index is 633. The van der Waals surface area contributed by atoms with Crippen molar-refractivity contribution in [1.29, 1.82) is 0 Å². The third kappa shape index (κ3) is 3.68. The van der Waals surface area contributed by atoms with E-state index >= 15 is 0 Å². The summed E-state index contributed by atoms with van der Waals surface area (Å²) in [6.07, 6.45) is 0.500. The highest BCUT2D eigenvalue weighted by Crippen LogP contribution is 2.21. The van der Waals surface area contributed by atoms with Gasteiger partial charge in [0.25, 0.3) is 0 Å². The molecule has 0 aromatic heterocycles. The van der Waals surface area contributed by atoms with Gasteiger partial charge in [0.05, 0.1) is 5.56 Å². The number of rotatable bonds is 5. The van der Waals surface area contributed by atoms with Gasteiger partial charge in [-0.25, -0.2) is 13.6 Å². The molecule has 2 rings (SSSR count). The molecule has 6 heteroatoms. The summed E-state index contributed by atoms with van der Waals surface area (Å²) in [5, 5.41) is 20.4. The molecular weight excluding hydrogens is 280 g/mol. The molecule has 2 aromatic carbocycles. The zero-order valence-electron chi connectivity index (χ0n) is 10.9. The first-order valence-corrected chi connectivity index (χ1v) is 6.21. The lowest BCUT2D eigenvalue weighted by Gasteiger charge is -2.09. The Morgan fingerprint density at radius 2 is 1.67 bits per heavy atom. The van der Waals surface area contributed by atoms with E-state index in [0.717, 1.165) is 17.7 Å². The summed E-state index contributed by atoms with van der Waals surface area (Å²) in [5.41, 5.74) is 0.108. The molecule has 0 bridgehead atoms.